The lowest BCUT2D eigenvalue weighted by molar-refractivity contribution is -0.148. The predicted molar refractivity (Wildman–Crippen MR) is 138 cm³/mol. The van der Waals surface area contributed by atoms with E-state index in [4.69, 9.17) is 4.74 Å². The maximum absolute atomic E-state index is 14.0. The first-order valence-electron chi connectivity index (χ1n) is 12.5. The van der Waals surface area contributed by atoms with Crippen LogP contribution in [-0.4, -0.2) is 53.9 Å². The molecule has 2 amide bonds. The Hall–Kier alpha value is -2.34. The molecule has 2 aliphatic heterocycles. The van der Waals surface area contributed by atoms with Gasteiger partial charge in [0.25, 0.3) is 5.91 Å². The second kappa shape index (κ2) is 10.9. The number of piperidine rings is 1. The highest BCUT2D eigenvalue weighted by molar-refractivity contribution is 9.10. The fraction of sp³-hybridized carbons (Fsp3) is 0.500. The second-order valence-corrected chi connectivity index (χ2v) is 10.8. The highest BCUT2D eigenvalue weighted by Gasteiger charge is 2.44. The van der Waals surface area contributed by atoms with Crippen molar-refractivity contribution in [2.24, 2.45) is 5.41 Å². The molecule has 0 atom stereocenters. The second-order valence-electron chi connectivity index (χ2n) is 9.84. The van der Waals surface area contributed by atoms with Gasteiger partial charge in [-0.25, -0.2) is 0 Å². The quantitative estimate of drug-likeness (QED) is 0.503. The number of hydrogen-bond donors (Lipinski definition) is 0. The lowest BCUT2D eigenvalue weighted by atomic mass is 9.72. The molecule has 2 aliphatic rings. The number of rotatable bonds is 2. The summed E-state index contributed by atoms with van der Waals surface area (Å²) in [4.78, 5) is 31.0. The Kier molecular flexibility index (Phi) is 7.97. The predicted octanol–water partition coefficient (Wildman–Crippen LogP) is 5.71. The molecule has 0 radical (unpaired) electrons. The Morgan fingerprint density at radius 3 is 2.50 bits per heavy atom. The van der Waals surface area contributed by atoms with Crippen molar-refractivity contribution < 1.29 is 14.3 Å². The van der Waals surface area contributed by atoms with Crippen LogP contribution in [0.3, 0.4) is 0 Å². The first-order valence-corrected chi connectivity index (χ1v) is 13.3. The van der Waals surface area contributed by atoms with Gasteiger partial charge in [0.15, 0.2) is 0 Å². The summed E-state index contributed by atoms with van der Waals surface area (Å²) >= 11 is 3.46. The molecule has 182 valence electrons. The number of likely N-dealkylation sites (tertiary alicyclic amines) is 1. The van der Waals surface area contributed by atoms with E-state index in [1.54, 1.807) is 0 Å². The SMILES string of the molecule is CC(C)N1CCOc2ccccc2CCCCC2(CCN(C(=O)c3cccc(Br)c3)CC2)C1=O. The third kappa shape index (κ3) is 5.48. The summed E-state index contributed by atoms with van der Waals surface area (Å²) in [6.45, 7) is 6.46. The number of nitrogens with zero attached hydrogens (tertiary/aromatic N) is 2. The topological polar surface area (TPSA) is 49.9 Å². The molecule has 1 fully saturated rings. The van der Waals surface area contributed by atoms with Gasteiger partial charge < -0.3 is 14.5 Å². The Labute approximate surface area is 211 Å². The van der Waals surface area contributed by atoms with Gasteiger partial charge in [0, 0.05) is 29.2 Å². The van der Waals surface area contributed by atoms with Crippen LogP contribution in [0, 0.1) is 5.41 Å². The van der Waals surface area contributed by atoms with Gasteiger partial charge in [-0.3, -0.25) is 9.59 Å². The number of amides is 2. The third-order valence-electron chi connectivity index (χ3n) is 7.33. The molecular formula is C28H35BrN2O3. The number of benzene rings is 2. The zero-order valence-electron chi connectivity index (χ0n) is 20.3. The van der Waals surface area contributed by atoms with Crippen LogP contribution in [0.25, 0.3) is 0 Å². The smallest absolute Gasteiger partial charge is 0.253 e. The highest BCUT2D eigenvalue weighted by atomic mass is 79.9. The number of para-hydroxylation sites is 1. The molecule has 4 rings (SSSR count). The molecule has 1 saturated heterocycles. The molecule has 5 nitrogen and oxygen atoms in total. The molecule has 0 aromatic heterocycles. The lowest BCUT2D eigenvalue weighted by Crippen LogP contribution is -2.53. The molecule has 0 saturated carbocycles. The van der Waals surface area contributed by atoms with Gasteiger partial charge in [-0.2, -0.15) is 0 Å². The number of aryl methyl sites for hydroxylation is 1. The van der Waals surface area contributed by atoms with Crippen molar-refractivity contribution >= 4 is 27.7 Å². The zero-order valence-corrected chi connectivity index (χ0v) is 21.9. The van der Waals surface area contributed by atoms with Crippen molar-refractivity contribution in [3.05, 3.63) is 64.1 Å². The molecule has 0 N–H and O–H groups in total. The van der Waals surface area contributed by atoms with Crippen LogP contribution >= 0.6 is 15.9 Å². The molecule has 1 spiro atoms. The molecule has 2 aromatic rings. The molecule has 2 aromatic carbocycles. The molecule has 34 heavy (non-hydrogen) atoms. The van der Waals surface area contributed by atoms with Crippen molar-refractivity contribution in [1.82, 2.24) is 9.80 Å². The van der Waals surface area contributed by atoms with Crippen molar-refractivity contribution in [3.8, 4) is 5.75 Å². The zero-order chi connectivity index (χ0) is 24.1. The van der Waals surface area contributed by atoms with E-state index in [1.165, 1.54) is 5.56 Å². The van der Waals surface area contributed by atoms with Crippen LogP contribution in [0.1, 0.15) is 61.9 Å². The average Bonchev–Trinajstić information content (AvgIpc) is 2.84. The van der Waals surface area contributed by atoms with Crippen LogP contribution < -0.4 is 4.74 Å². The Morgan fingerprint density at radius 2 is 1.76 bits per heavy atom. The summed E-state index contributed by atoms with van der Waals surface area (Å²) in [6.07, 6.45) is 5.28. The fourth-order valence-electron chi connectivity index (χ4n) is 5.30. The van der Waals surface area contributed by atoms with Gasteiger partial charge in [-0.1, -0.05) is 46.6 Å². The molecular weight excluding hydrogens is 492 g/mol. The average molecular weight is 528 g/mol. The van der Waals surface area contributed by atoms with Crippen molar-refractivity contribution in [2.45, 2.75) is 58.4 Å². The number of fused-ring (bicyclic) bond motifs is 1. The number of carbonyl (C=O) groups excluding carboxylic acids is 2. The molecule has 0 bridgehead atoms. The maximum atomic E-state index is 14.0. The van der Waals surface area contributed by atoms with E-state index in [0.717, 1.165) is 35.9 Å². The highest BCUT2D eigenvalue weighted by Crippen LogP contribution is 2.40. The minimum atomic E-state index is -0.406. The van der Waals surface area contributed by atoms with Gasteiger partial charge in [-0.15, -0.1) is 0 Å². The Bertz CT molecular complexity index is 1010. The van der Waals surface area contributed by atoms with Crippen LogP contribution in [0.2, 0.25) is 0 Å². The lowest BCUT2D eigenvalue weighted by Gasteiger charge is -2.44. The van der Waals surface area contributed by atoms with Gasteiger partial charge in [0.2, 0.25) is 5.91 Å². The van der Waals surface area contributed by atoms with Crippen LogP contribution in [0.5, 0.6) is 5.75 Å². The van der Waals surface area contributed by atoms with Crippen molar-refractivity contribution in [2.75, 3.05) is 26.2 Å². The summed E-state index contributed by atoms with van der Waals surface area (Å²) in [5, 5.41) is 0. The van der Waals surface area contributed by atoms with Gasteiger partial charge in [0.1, 0.15) is 12.4 Å². The van der Waals surface area contributed by atoms with E-state index in [1.807, 2.05) is 46.2 Å². The Morgan fingerprint density at radius 1 is 1.00 bits per heavy atom. The Balaban J connectivity index is 1.51. The monoisotopic (exact) mass is 526 g/mol. The van der Waals surface area contributed by atoms with Gasteiger partial charge in [0.05, 0.1) is 12.0 Å². The minimum Gasteiger partial charge on any atom is -0.491 e. The first kappa shape index (κ1) is 24.8. The summed E-state index contributed by atoms with van der Waals surface area (Å²) in [5.41, 5.74) is 1.53. The normalized spacial score (nSPS) is 19.2. The summed E-state index contributed by atoms with van der Waals surface area (Å²) in [6, 6.07) is 15.9. The van der Waals surface area contributed by atoms with E-state index < -0.39 is 5.41 Å². The number of hydrogen-bond acceptors (Lipinski definition) is 3. The van der Waals surface area contributed by atoms with E-state index >= 15 is 0 Å². The largest absolute Gasteiger partial charge is 0.491 e. The van der Waals surface area contributed by atoms with Gasteiger partial charge >= 0.3 is 0 Å². The van der Waals surface area contributed by atoms with Gasteiger partial charge in [-0.05, 0) is 75.8 Å². The van der Waals surface area contributed by atoms with Crippen molar-refractivity contribution in [3.63, 3.8) is 0 Å². The first-order chi connectivity index (χ1) is 16.4. The van der Waals surface area contributed by atoms with Crippen LogP contribution in [-0.2, 0) is 11.2 Å². The van der Waals surface area contributed by atoms with Crippen LogP contribution in [0.4, 0.5) is 0 Å². The van der Waals surface area contributed by atoms with Crippen LogP contribution in [0.15, 0.2) is 53.0 Å². The van der Waals surface area contributed by atoms with E-state index in [9.17, 15) is 9.59 Å². The summed E-state index contributed by atoms with van der Waals surface area (Å²) < 4.78 is 7.02. The number of ether oxygens (including phenoxy) is 1. The van der Waals surface area contributed by atoms with E-state index in [0.29, 0.717) is 44.6 Å². The molecule has 0 unspecified atom stereocenters. The molecule has 0 aliphatic carbocycles. The maximum Gasteiger partial charge on any atom is 0.253 e. The van der Waals surface area contributed by atoms with Crippen molar-refractivity contribution in [1.29, 1.82) is 0 Å². The standard InChI is InChI=1S/C28H35BrN2O3/c1-21(2)31-18-19-34-25-12-4-3-8-22(25)9-5-6-13-28(27(31)33)14-16-30(17-15-28)26(32)23-10-7-11-24(29)20-23/h3-4,7-8,10-12,20-21H,5-6,9,13-19H2,1-2H3. The fourth-order valence-corrected chi connectivity index (χ4v) is 5.69. The summed E-state index contributed by atoms with van der Waals surface area (Å²) in [7, 11) is 0. The number of carbonyl (C=O) groups is 2. The van der Waals surface area contributed by atoms with E-state index in [2.05, 4.69) is 41.9 Å². The number of halogens is 1. The van der Waals surface area contributed by atoms with E-state index in [-0.39, 0.29) is 17.9 Å². The molecule has 2 heterocycles. The minimum absolute atomic E-state index is 0.0440. The summed E-state index contributed by atoms with van der Waals surface area (Å²) in [5.74, 6) is 1.21. The third-order valence-corrected chi connectivity index (χ3v) is 7.82. The molecule has 6 heteroatoms.